The van der Waals surface area contributed by atoms with Gasteiger partial charge in [-0.15, -0.1) is 0 Å². The van der Waals surface area contributed by atoms with Crippen LogP contribution in [0.3, 0.4) is 0 Å². The first kappa shape index (κ1) is 20.3. The van der Waals surface area contributed by atoms with Gasteiger partial charge in [0, 0.05) is 39.1 Å². The molecule has 8 heteroatoms. The molecule has 2 amide bonds. The van der Waals surface area contributed by atoms with E-state index in [0.717, 1.165) is 38.2 Å². The average Bonchev–Trinajstić information content (AvgIpc) is 3.22. The van der Waals surface area contributed by atoms with E-state index in [-0.39, 0.29) is 18.0 Å². The first-order chi connectivity index (χ1) is 12.3. The fourth-order valence-corrected chi connectivity index (χ4v) is 2.85. The van der Waals surface area contributed by atoms with Gasteiger partial charge in [0.15, 0.2) is 5.96 Å². The number of ether oxygens (including phenoxy) is 1. The van der Waals surface area contributed by atoms with Gasteiger partial charge in [-0.2, -0.15) is 0 Å². The Morgan fingerprint density at radius 2 is 1.88 bits per heavy atom. The van der Waals surface area contributed by atoms with Crippen molar-refractivity contribution in [3.8, 4) is 0 Å². The zero-order valence-electron chi connectivity index (χ0n) is 16.4. The number of rotatable bonds is 6. The summed E-state index contributed by atoms with van der Waals surface area (Å²) in [7, 11) is 1.75. The molecular weight excluding hydrogens is 334 g/mol. The third-order valence-electron chi connectivity index (χ3n) is 4.23. The van der Waals surface area contributed by atoms with Crippen LogP contribution in [-0.2, 0) is 9.53 Å². The second kappa shape index (κ2) is 9.09. The van der Waals surface area contributed by atoms with Crippen LogP contribution < -0.4 is 16.0 Å². The molecule has 0 aromatic carbocycles. The lowest BCUT2D eigenvalue weighted by Gasteiger charge is -2.23. The summed E-state index contributed by atoms with van der Waals surface area (Å²) in [5, 5.41) is 9.20. The van der Waals surface area contributed by atoms with E-state index in [1.807, 2.05) is 20.8 Å². The van der Waals surface area contributed by atoms with Gasteiger partial charge in [0.05, 0.1) is 6.04 Å². The van der Waals surface area contributed by atoms with Crippen LogP contribution in [-0.4, -0.2) is 67.2 Å². The van der Waals surface area contributed by atoms with E-state index >= 15 is 0 Å². The zero-order chi connectivity index (χ0) is 19.2. The summed E-state index contributed by atoms with van der Waals surface area (Å²) in [6.07, 6.45) is 4.00. The van der Waals surface area contributed by atoms with Crippen molar-refractivity contribution in [3.63, 3.8) is 0 Å². The van der Waals surface area contributed by atoms with Crippen LogP contribution in [0.4, 0.5) is 4.79 Å². The Morgan fingerprint density at radius 1 is 1.15 bits per heavy atom. The highest BCUT2D eigenvalue weighted by Crippen LogP contribution is 2.18. The van der Waals surface area contributed by atoms with Crippen molar-refractivity contribution in [1.82, 2.24) is 20.9 Å². The van der Waals surface area contributed by atoms with Crippen molar-refractivity contribution in [2.45, 2.75) is 70.6 Å². The van der Waals surface area contributed by atoms with E-state index in [1.54, 1.807) is 7.05 Å². The molecule has 1 aliphatic heterocycles. The van der Waals surface area contributed by atoms with E-state index < -0.39 is 5.60 Å². The number of alkyl carbamates (subject to hydrolysis) is 1. The fourth-order valence-electron chi connectivity index (χ4n) is 2.85. The maximum Gasteiger partial charge on any atom is 0.407 e. The first-order valence-corrected chi connectivity index (χ1v) is 9.51. The summed E-state index contributed by atoms with van der Waals surface area (Å²) in [5.41, 5.74) is -0.494. The van der Waals surface area contributed by atoms with E-state index in [9.17, 15) is 9.59 Å². The Morgan fingerprint density at radius 3 is 2.50 bits per heavy atom. The Kier molecular flexibility index (Phi) is 7.11. The number of nitrogens with zero attached hydrogens (tertiary/aromatic N) is 2. The molecule has 0 aromatic heterocycles. The molecule has 2 rings (SSSR count). The second-order valence-electron chi connectivity index (χ2n) is 8.00. The highest BCUT2D eigenvalue weighted by Gasteiger charge is 2.28. The fraction of sp³-hybridized carbons (Fsp3) is 0.833. The minimum Gasteiger partial charge on any atom is -0.444 e. The van der Waals surface area contributed by atoms with Crippen LogP contribution in [0, 0.1) is 0 Å². The maximum atomic E-state index is 11.9. The molecule has 8 nitrogen and oxygen atoms in total. The molecule has 1 saturated heterocycles. The molecule has 2 aliphatic rings. The Hall–Kier alpha value is -1.99. The number of guanidine groups is 1. The molecule has 26 heavy (non-hydrogen) atoms. The van der Waals surface area contributed by atoms with Crippen LogP contribution in [0.1, 0.15) is 52.9 Å². The Bertz CT molecular complexity index is 525. The van der Waals surface area contributed by atoms with Gasteiger partial charge in [0.1, 0.15) is 5.60 Å². The third-order valence-corrected chi connectivity index (χ3v) is 4.23. The minimum absolute atomic E-state index is 0.0488. The van der Waals surface area contributed by atoms with Gasteiger partial charge in [0.25, 0.3) is 0 Å². The lowest BCUT2D eigenvalue weighted by Crippen LogP contribution is -2.44. The van der Waals surface area contributed by atoms with Crippen molar-refractivity contribution in [2.75, 3.05) is 26.7 Å². The molecular formula is C18H33N5O3. The van der Waals surface area contributed by atoms with E-state index in [4.69, 9.17) is 4.74 Å². The highest BCUT2D eigenvalue weighted by molar-refractivity contribution is 5.80. The smallest absolute Gasteiger partial charge is 0.407 e. The van der Waals surface area contributed by atoms with E-state index in [1.165, 1.54) is 0 Å². The van der Waals surface area contributed by atoms with Gasteiger partial charge >= 0.3 is 6.09 Å². The van der Waals surface area contributed by atoms with Crippen LogP contribution in [0.2, 0.25) is 0 Å². The van der Waals surface area contributed by atoms with Crippen LogP contribution in [0.25, 0.3) is 0 Å². The van der Waals surface area contributed by atoms with Crippen LogP contribution >= 0.6 is 0 Å². The van der Waals surface area contributed by atoms with Crippen LogP contribution in [0.15, 0.2) is 4.99 Å². The van der Waals surface area contributed by atoms with Gasteiger partial charge in [-0.25, -0.2) is 4.79 Å². The summed E-state index contributed by atoms with van der Waals surface area (Å²) in [4.78, 5) is 30.0. The number of nitrogens with one attached hydrogen (secondary N) is 3. The number of aliphatic imine (C=N–C) groups is 1. The topological polar surface area (TPSA) is 95.1 Å². The average molecular weight is 367 g/mol. The van der Waals surface area contributed by atoms with Crippen molar-refractivity contribution in [2.24, 2.45) is 4.99 Å². The van der Waals surface area contributed by atoms with Crippen molar-refractivity contribution >= 4 is 18.0 Å². The first-order valence-electron chi connectivity index (χ1n) is 9.51. The maximum absolute atomic E-state index is 11.9. The van der Waals surface area contributed by atoms with Crippen molar-refractivity contribution < 1.29 is 14.3 Å². The summed E-state index contributed by atoms with van der Waals surface area (Å²) in [6.45, 7) is 7.77. The van der Waals surface area contributed by atoms with Gasteiger partial charge in [0.2, 0.25) is 5.91 Å². The summed E-state index contributed by atoms with van der Waals surface area (Å²) < 4.78 is 5.30. The molecule has 0 spiro atoms. The zero-order valence-corrected chi connectivity index (χ0v) is 16.4. The number of hydrogen-bond acceptors (Lipinski definition) is 4. The molecule has 1 unspecified atom stereocenters. The molecule has 1 aliphatic carbocycles. The van der Waals surface area contributed by atoms with Gasteiger partial charge in [-0.05, 0) is 46.5 Å². The molecule has 1 atom stereocenters. The SMILES string of the molecule is CN=C(NCCCC(=O)NC1CC1)N1CCC(NC(=O)OC(C)(C)C)C1. The molecule has 0 radical (unpaired) electrons. The van der Waals surface area contributed by atoms with Crippen molar-refractivity contribution in [3.05, 3.63) is 0 Å². The number of hydrogen-bond donors (Lipinski definition) is 3. The Balaban J connectivity index is 1.65. The normalized spacial score (nSPS) is 20.7. The summed E-state index contributed by atoms with van der Waals surface area (Å²) in [6, 6.07) is 0.468. The van der Waals surface area contributed by atoms with Gasteiger partial charge in [-0.1, -0.05) is 0 Å². The summed E-state index contributed by atoms with van der Waals surface area (Å²) in [5.74, 6) is 0.938. The predicted octanol–water partition coefficient (Wildman–Crippen LogP) is 1.22. The molecule has 1 saturated carbocycles. The highest BCUT2D eigenvalue weighted by atomic mass is 16.6. The minimum atomic E-state index is -0.494. The third kappa shape index (κ3) is 7.49. The van der Waals surface area contributed by atoms with Crippen molar-refractivity contribution in [1.29, 1.82) is 0 Å². The Labute approximate surface area is 156 Å². The molecule has 0 aromatic rings. The number of likely N-dealkylation sites (tertiary alicyclic amines) is 1. The predicted molar refractivity (Wildman–Crippen MR) is 101 cm³/mol. The number of carbonyl (C=O) groups excluding carboxylic acids is 2. The summed E-state index contributed by atoms with van der Waals surface area (Å²) >= 11 is 0. The second-order valence-corrected chi connectivity index (χ2v) is 8.00. The lowest BCUT2D eigenvalue weighted by atomic mass is 10.2. The van der Waals surface area contributed by atoms with E-state index in [2.05, 4.69) is 25.8 Å². The number of carbonyl (C=O) groups is 2. The quantitative estimate of drug-likeness (QED) is 0.373. The molecule has 148 valence electrons. The van der Waals surface area contributed by atoms with Gasteiger partial charge in [-0.3, -0.25) is 9.79 Å². The monoisotopic (exact) mass is 367 g/mol. The molecule has 0 bridgehead atoms. The van der Waals surface area contributed by atoms with Crippen LogP contribution in [0.5, 0.6) is 0 Å². The molecule has 1 heterocycles. The van der Waals surface area contributed by atoms with Gasteiger partial charge < -0.3 is 25.6 Å². The lowest BCUT2D eigenvalue weighted by molar-refractivity contribution is -0.121. The van der Waals surface area contributed by atoms with E-state index in [0.29, 0.717) is 25.6 Å². The molecule has 3 N–H and O–H groups in total. The molecule has 2 fully saturated rings. The largest absolute Gasteiger partial charge is 0.444 e. The standard InChI is InChI=1S/C18H33N5O3/c1-18(2,3)26-17(25)22-14-9-11-23(12-14)16(19-4)20-10-5-6-15(24)21-13-7-8-13/h13-14H,5-12H2,1-4H3,(H,19,20)(H,21,24)(H,22,25). The number of amides is 2.